The molecule has 0 aromatic rings. The van der Waals surface area contributed by atoms with E-state index in [4.69, 9.17) is 18.0 Å². The van der Waals surface area contributed by atoms with E-state index in [0.717, 1.165) is 32.1 Å². The van der Waals surface area contributed by atoms with Gasteiger partial charge in [-0.15, -0.1) is 0 Å². The van der Waals surface area contributed by atoms with Crippen LogP contribution in [0.25, 0.3) is 0 Å². The number of carbonyl (C=O) groups is 1. The van der Waals surface area contributed by atoms with Crippen molar-refractivity contribution in [3.8, 4) is 0 Å². The molecular formula is C14H24N2OS. The number of hydrogen-bond donors (Lipinski definition) is 2. The van der Waals surface area contributed by atoms with Gasteiger partial charge in [-0.05, 0) is 31.1 Å². The van der Waals surface area contributed by atoms with Crippen molar-refractivity contribution in [1.29, 1.82) is 0 Å². The second-order valence-corrected chi connectivity index (χ2v) is 7.00. The Kier molecular flexibility index (Phi) is 3.67. The van der Waals surface area contributed by atoms with Gasteiger partial charge in [-0.3, -0.25) is 4.79 Å². The molecule has 0 aliphatic heterocycles. The third kappa shape index (κ3) is 2.27. The smallest absolute Gasteiger partial charge is 0.233 e. The number of nitrogens with one attached hydrogen (secondary N) is 1. The summed E-state index contributed by atoms with van der Waals surface area (Å²) in [7, 11) is 0. The molecule has 3 N–H and O–H groups in total. The first-order chi connectivity index (χ1) is 8.38. The number of carbonyl (C=O) groups excluding carboxylic acids is 1. The Balaban J connectivity index is 2.09. The molecule has 2 fully saturated rings. The molecule has 3 nitrogen and oxygen atoms in total. The number of nitrogens with two attached hydrogens (primary N) is 1. The van der Waals surface area contributed by atoms with Crippen LogP contribution in [0.5, 0.6) is 0 Å². The standard InChI is InChI=1S/C14H24N2OS/c1-13(2)7-5-6-10(13)16-12(17)14(11(15)18)8-3-4-9-14/h10H,3-9H2,1-2H3,(H2,15,18)(H,16,17). The van der Waals surface area contributed by atoms with Crippen molar-refractivity contribution in [2.75, 3.05) is 0 Å². The van der Waals surface area contributed by atoms with Crippen molar-refractivity contribution in [2.45, 2.75) is 64.8 Å². The Labute approximate surface area is 115 Å². The molecule has 18 heavy (non-hydrogen) atoms. The number of rotatable bonds is 3. The highest BCUT2D eigenvalue weighted by molar-refractivity contribution is 7.80. The van der Waals surface area contributed by atoms with Crippen molar-refractivity contribution in [3.63, 3.8) is 0 Å². The van der Waals surface area contributed by atoms with Crippen molar-refractivity contribution in [1.82, 2.24) is 5.32 Å². The predicted molar refractivity (Wildman–Crippen MR) is 77.2 cm³/mol. The fraction of sp³-hybridized carbons (Fsp3) is 0.857. The summed E-state index contributed by atoms with van der Waals surface area (Å²) in [5, 5.41) is 3.23. The Morgan fingerprint density at radius 1 is 1.22 bits per heavy atom. The molecule has 0 saturated heterocycles. The van der Waals surface area contributed by atoms with Crippen LogP contribution in [0, 0.1) is 10.8 Å². The Morgan fingerprint density at radius 2 is 1.83 bits per heavy atom. The van der Waals surface area contributed by atoms with Crippen LogP contribution in [-0.2, 0) is 4.79 Å². The normalized spacial score (nSPS) is 29.1. The first-order valence-electron chi connectivity index (χ1n) is 6.99. The minimum atomic E-state index is -0.562. The molecule has 0 aromatic carbocycles. The molecule has 0 aromatic heterocycles. The summed E-state index contributed by atoms with van der Waals surface area (Å²) in [5.74, 6) is 0.0764. The van der Waals surface area contributed by atoms with Crippen LogP contribution in [-0.4, -0.2) is 16.9 Å². The summed E-state index contributed by atoms with van der Waals surface area (Å²) in [6.45, 7) is 4.46. The maximum absolute atomic E-state index is 12.6. The van der Waals surface area contributed by atoms with Gasteiger partial charge in [0.25, 0.3) is 0 Å². The van der Waals surface area contributed by atoms with Crippen LogP contribution in [0.3, 0.4) is 0 Å². The molecule has 0 spiro atoms. The monoisotopic (exact) mass is 268 g/mol. The van der Waals surface area contributed by atoms with Gasteiger partial charge in [0.15, 0.2) is 0 Å². The topological polar surface area (TPSA) is 55.1 Å². The summed E-state index contributed by atoms with van der Waals surface area (Å²) in [6.07, 6.45) is 7.20. The van der Waals surface area contributed by atoms with Crippen molar-refractivity contribution >= 4 is 23.1 Å². The van der Waals surface area contributed by atoms with Crippen molar-refractivity contribution in [2.24, 2.45) is 16.6 Å². The zero-order valence-electron chi connectivity index (χ0n) is 11.4. The molecule has 0 bridgehead atoms. The van der Waals surface area contributed by atoms with E-state index in [-0.39, 0.29) is 17.4 Å². The Morgan fingerprint density at radius 3 is 2.28 bits per heavy atom. The fourth-order valence-electron chi connectivity index (χ4n) is 3.45. The zero-order valence-corrected chi connectivity index (χ0v) is 12.2. The number of hydrogen-bond acceptors (Lipinski definition) is 2. The first-order valence-corrected chi connectivity index (χ1v) is 7.40. The van der Waals surface area contributed by atoms with Crippen LogP contribution in [0.4, 0.5) is 0 Å². The Hall–Kier alpha value is -0.640. The van der Waals surface area contributed by atoms with Gasteiger partial charge >= 0.3 is 0 Å². The summed E-state index contributed by atoms with van der Waals surface area (Å²) >= 11 is 5.16. The van der Waals surface area contributed by atoms with Gasteiger partial charge in [0.1, 0.15) is 0 Å². The highest BCUT2D eigenvalue weighted by Gasteiger charge is 2.46. The SMILES string of the molecule is CC1(C)CCCC1NC(=O)C1(C(N)=S)CCCC1. The molecule has 0 radical (unpaired) electrons. The lowest BCUT2D eigenvalue weighted by Crippen LogP contribution is -2.52. The van der Waals surface area contributed by atoms with Gasteiger partial charge in [-0.2, -0.15) is 0 Å². The van der Waals surface area contributed by atoms with Gasteiger partial charge in [-0.25, -0.2) is 0 Å². The average molecular weight is 268 g/mol. The van der Waals surface area contributed by atoms with E-state index in [9.17, 15) is 4.79 Å². The predicted octanol–water partition coefficient (Wildman–Crippen LogP) is 2.53. The van der Waals surface area contributed by atoms with Crippen LogP contribution in [0.15, 0.2) is 0 Å². The highest BCUT2D eigenvalue weighted by Crippen LogP contribution is 2.41. The molecule has 4 heteroatoms. The molecule has 2 rings (SSSR count). The molecule has 1 amide bonds. The number of thiocarbonyl (C=S) groups is 1. The van der Waals surface area contributed by atoms with Crippen molar-refractivity contribution in [3.05, 3.63) is 0 Å². The summed E-state index contributed by atoms with van der Waals surface area (Å²) in [4.78, 5) is 13.0. The van der Waals surface area contributed by atoms with Gasteiger partial charge in [0.05, 0.1) is 10.4 Å². The molecule has 0 heterocycles. The lowest BCUT2D eigenvalue weighted by Gasteiger charge is -2.33. The summed E-state index contributed by atoms with van der Waals surface area (Å²) in [5.41, 5.74) is 5.48. The quantitative estimate of drug-likeness (QED) is 0.773. The maximum atomic E-state index is 12.6. The van der Waals surface area contributed by atoms with E-state index in [1.54, 1.807) is 0 Å². The lowest BCUT2D eigenvalue weighted by atomic mass is 9.82. The summed E-state index contributed by atoms with van der Waals surface area (Å²) in [6, 6.07) is 0.275. The van der Waals surface area contributed by atoms with Crippen LogP contribution in [0.1, 0.15) is 58.8 Å². The van der Waals surface area contributed by atoms with E-state index >= 15 is 0 Å². The molecule has 1 unspecified atom stereocenters. The van der Waals surface area contributed by atoms with Crippen molar-refractivity contribution < 1.29 is 4.79 Å². The fourth-order valence-corrected chi connectivity index (χ4v) is 3.75. The maximum Gasteiger partial charge on any atom is 0.233 e. The van der Waals surface area contributed by atoms with E-state index in [1.165, 1.54) is 12.8 Å². The molecule has 2 aliphatic carbocycles. The lowest BCUT2D eigenvalue weighted by molar-refractivity contribution is -0.128. The van der Waals surface area contributed by atoms with Gasteiger partial charge in [0, 0.05) is 6.04 Å². The first kappa shape index (κ1) is 13.8. The van der Waals surface area contributed by atoms with Crippen LogP contribution in [0.2, 0.25) is 0 Å². The second kappa shape index (κ2) is 4.80. The second-order valence-electron chi connectivity index (χ2n) is 6.56. The van der Waals surface area contributed by atoms with Crippen LogP contribution >= 0.6 is 12.2 Å². The van der Waals surface area contributed by atoms with E-state index in [1.807, 2.05) is 0 Å². The highest BCUT2D eigenvalue weighted by atomic mass is 32.1. The number of amides is 1. The van der Waals surface area contributed by atoms with E-state index < -0.39 is 5.41 Å². The van der Waals surface area contributed by atoms with Crippen LogP contribution < -0.4 is 11.1 Å². The molecule has 2 aliphatic rings. The summed E-state index contributed by atoms with van der Waals surface area (Å²) < 4.78 is 0. The molecule has 1 atom stereocenters. The largest absolute Gasteiger partial charge is 0.392 e. The van der Waals surface area contributed by atoms with E-state index in [2.05, 4.69) is 19.2 Å². The molecule has 102 valence electrons. The molecular weight excluding hydrogens is 244 g/mol. The molecule has 2 saturated carbocycles. The van der Waals surface area contributed by atoms with Gasteiger partial charge < -0.3 is 11.1 Å². The third-order valence-corrected chi connectivity index (χ3v) is 5.32. The minimum absolute atomic E-state index is 0.0764. The average Bonchev–Trinajstić information content (AvgIpc) is 2.87. The van der Waals surface area contributed by atoms with Gasteiger partial charge in [0.2, 0.25) is 5.91 Å². The van der Waals surface area contributed by atoms with Gasteiger partial charge in [-0.1, -0.05) is 45.3 Å². The Bertz CT molecular complexity index is 359. The zero-order chi connectivity index (χ0) is 13.4. The van der Waals surface area contributed by atoms with E-state index in [0.29, 0.717) is 4.99 Å². The third-order valence-electron chi connectivity index (χ3n) is 4.93. The minimum Gasteiger partial charge on any atom is -0.392 e.